The van der Waals surface area contributed by atoms with E-state index in [9.17, 15) is 5.11 Å². The molecule has 3 rings (SSSR count). The second kappa shape index (κ2) is 5.86. The summed E-state index contributed by atoms with van der Waals surface area (Å²) in [5.74, 6) is 0.443. The van der Waals surface area contributed by atoms with Crippen molar-refractivity contribution in [1.82, 2.24) is 5.32 Å². The second-order valence-electron chi connectivity index (χ2n) is 5.36. The number of nitrogens with one attached hydrogen (secondary N) is 1. The van der Waals surface area contributed by atoms with Crippen LogP contribution in [0.15, 0.2) is 42.5 Å². The van der Waals surface area contributed by atoms with Gasteiger partial charge in [-0.1, -0.05) is 35.9 Å². The fourth-order valence-corrected chi connectivity index (χ4v) is 2.95. The molecule has 2 aromatic carbocycles. The van der Waals surface area contributed by atoms with Gasteiger partial charge in [0.2, 0.25) is 0 Å². The van der Waals surface area contributed by atoms with Gasteiger partial charge in [0.25, 0.3) is 0 Å². The van der Waals surface area contributed by atoms with E-state index in [0.717, 1.165) is 36.4 Å². The van der Waals surface area contributed by atoms with Gasteiger partial charge in [0.1, 0.15) is 5.75 Å². The van der Waals surface area contributed by atoms with Crippen molar-refractivity contribution < 1.29 is 5.11 Å². The minimum absolute atomic E-state index is 0.443. The summed E-state index contributed by atoms with van der Waals surface area (Å²) in [4.78, 5) is 0. The summed E-state index contributed by atoms with van der Waals surface area (Å²) in [5.41, 5.74) is 3.64. The quantitative estimate of drug-likeness (QED) is 0.902. The number of rotatable bonds is 3. The Bertz CT molecular complexity index is 594. The summed E-state index contributed by atoms with van der Waals surface area (Å²) in [6.45, 7) is 0.857. The Morgan fingerprint density at radius 2 is 1.95 bits per heavy atom. The highest BCUT2D eigenvalue weighted by Gasteiger charge is 2.20. The van der Waals surface area contributed by atoms with E-state index in [1.54, 1.807) is 6.07 Å². The molecule has 0 spiro atoms. The lowest BCUT2D eigenvalue weighted by Crippen LogP contribution is -2.34. The van der Waals surface area contributed by atoms with Crippen LogP contribution >= 0.6 is 11.6 Å². The lowest BCUT2D eigenvalue weighted by atomic mass is 9.87. The van der Waals surface area contributed by atoms with Crippen LogP contribution in [-0.4, -0.2) is 11.1 Å². The van der Waals surface area contributed by atoms with Gasteiger partial charge < -0.3 is 10.4 Å². The Kier molecular flexibility index (Phi) is 3.95. The molecule has 2 N–H and O–H groups in total. The molecule has 0 radical (unpaired) electrons. The maximum absolute atomic E-state index is 9.84. The van der Waals surface area contributed by atoms with E-state index in [1.165, 1.54) is 11.1 Å². The van der Waals surface area contributed by atoms with E-state index in [0.29, 0.717) is 11.8 Å². The van der Waals surface area contributed by atoms with Gasteiger partial charge in [-0.3, -0.25) is 0 Å². The van der Waals surface area contributed by atoms with Crippen LogP contribution in [0.1, 0.15) is 23.1 Å². The molecule has 1 unspecified atom stereocenters. The van der Waals surface area contributed by atoms with Crippen LogP contribution in [0.3, 0.4) is 0 Å². The molecule has 1 atom stereocenters. The maximum atomic E-state index is 9.84. The molecule has 0 saturated heterocycles. The van der Waals surface area contributed by atoms with Gasteiger partial charge in [0.15, 0.2) is 0 Å². The second-order valence-corrected chi connectivity index (χ2v) is 5.80. The Labute approximate surface area is 124 Å². The van der Waals surface area contributed by atoms with E-state index in [4.69, 9.17) is 11.6 Å². The first-order chi connectivity index (χ1) is 9.72. The van der Waals surface area contributed by atoms with Crippen LogP contribution < -0.4 is 5.32 Å². The van der Waals surface area contributed by atoms with Crippen LogP contribution in [-0.2, 0) is 19.4 Å². The standard InChI is InChI=1S/C17H18ClNO/c18-14-6-4-12(5-7-14)11-19-15-8-9-16-13(10-15)2-1-3-17(16)20/h1-7,15,19-20H,8-11H2. The van der Waals surface area contributed by atoms with Crippen molar-refractivity contribution in [3.05, 3.63) is 64.2 Å². The molecule has 0 aromatic heterocycles. The number of hydrogen-bond acceptors (Lipinski definition) is 2. The molecule has 0 bridgehead atoms. The molecule has 2 aromatic rings. The van der Waals surface area contributed by atoms with Crippen LogP contribution in [0, 0.1) is 0 Å². The molecule has 1 aliphatic rings. The fourth-order valence-electron chi connectivity index (χ4n) is 2.83. The summed E-state index contributed by atoms with van der Waals surface area (Å²) in [5, 5.41) is 14.2. The van der Waals surface area contributed by atoms with E-state index < -0.39 is 0 Å². The SMILES string of the molecule is Oc1cccc2c1CCC(NCc1ccc(Cl)cc1)C2. The predicted octanol–water partition coefficient (Wildman–Crippen LogP) is 3.69. The van der Waals surface area contributed by atoms with Crippen molar-refractivity contribution in [3.8, 4) is 5.75 Å². The molecular formula is C17H18ClNO. The molecular weight excluding hydrogens is 270 g/mol. The highest BCUT2D eigenvalue weighted by Crippen LogP contribution is 2.28. The summed E-state index contributed by atoms with van der Waals surface area (Å²) < 4.78 is 0. The molecule has 1 aliphatic carbocycles. The number of aromatic hydroxyl groups is 1. The topological polar surface area (TPSA) is 32.3 Å². The number of phenols is 1. The van der Waals surface area contributed by atoms with Crippen molar-refractivity contribution in [1.29, 1.82) is 0 Å². The van der Waals surface area contributed by atoms with Gasteiger partial charge >= 0.3 is 0 Å². The highest BCUT2D eigenvalue weighted by atomic mass is 35.5. The van der Waals surface area contributed by atoms with Crippen molar-refractivity contribution in [2.24, 2.45) is 0 Å². The lowest BCUT2D eigenvalue weighted by molar-refractivity contribution is 0.431. The van der Waals surface area contributed by atoms with Crippen molar-refractivity contribution in [2.45, 2.75) is 31.8 Å². The van der Waals surface area contributed by atoms with Crippen LogP contribution in [0.2, 0.25) is 5.02 Å². The Morgan fingerprint density at radius 1 is 1.15 bits per heavy atom. The molecule has 0 fully saturated rings. The zero-order valence-corrected chi connectivity index (χ0v) is 12.0. The predicted molar refractivity (Wildman–Crippen MR) is 82.2 cm³/mol. The summed E-state index contributed by atoms with van der Waals surface area (Å²) >= 11 is 5.89. The van der Waals surface area contributed by atoms with Gasteiger partial charge in [0, 0.05) is 17.6 Å². The van der Waals surface area contributed by atoms with Crippen molar-refractivity contribution in [3.63, 3.8) is 0 Å². The molecule has 0 saturated carbocycles. The average molecular weight is 288 g/mol. The Hall–Kier alpha value is -1.51. The van der Waals surface area contributed by atoms with Gasteiger partial charge in [0.05, 0.1) is 0 Å². The van der Waals surface area contributed by atoms with Crippen molar-refractivity contribution >= 4 is 11.6 Å². The fraction of sp³-hybridized carbons (Fsp3) is 0.294. The number of halogens is 1. The third-order valence-corrected chi connectivity index (χ3v) is 4.22. The van der Waals surface area contributed by atoms with Gasteiger partial charge in [-0.25, -0.2) is 0 Å². The first-order valence-electron chi connectivity index (χ1n) is 7.00. The molecule has 0 aliphatic heterocycles. The number of phenolic OH excluding ortho intramolecular Hbond substituents is 1. The van der Waals surface area contributed by atoms with Gasteiger partial charge in [-0.2, -0.15) is 0 Å². The first-order valence-corrected chi connectivity index (χ1v) is 7.38. The zero-order valence-electron chi connectivity index (χ0n) is 11.3. The van der Waals surface area contributed by atoms with E-state index in [2.05, 4.69) is 23.5 Å². The van der Waals surface area contributed by atoms with Gasteiger partial charge in [-0.05, 0) is 54.2 Å². The number of benzene rings is 2. The third kappa shape index (κ3) is 2.97. The van der Waals surface area contributed by atoms with Crippen molar-refractivity contribution in [2.75, 3.05) is 0 Å². The monoisotopic (exact) mass is 287 g/mol. The number of hydrogen-bond donors (Lipinski definition) is 2. The summed E-state index contributed by atoms with van der Waals surface area (Å²) in [7, 11) is 0. The minimum atomic E-state index is 0.443. The maximum Gasteiger partial charge on any atom is 0.119 e. The molecule has 0 heterocycles. The van der Waals surface area contributed by atoms with Crippen LogP contribution in [0.4, 0.5) is 0 Å². The van der Waals surface area contributed by atoms with Crippen LogP contribution in [0.25, 0.3) is 0 Å². The van der Waals surface area contributed by atoms with E-state index in [-0.39, 0.29) is 0 Å². The number of fused-ring (bicyclic) bond motifs is 1. The Balaban J connectivity index is 1.62. The van der Waals surface area contributed by atoms with E-state index >= 15 is 0 Å². The normalized spacial score (nSPS) is 17.8. The first kappa shape index (κ1) is 13.5. The molecule has 2 nitrogen and oxygen atoms in total. The third-order valence-electron chi connectivity index (χ3n) is 3.97. The Morgan fingerprint density at radius 3 is 2.75 bits per heavy atom. The molecule has 3 heteroatoms. The summed E-state index contributed by atoms with van der Waals surface area (Å²) in [6.07, 6.45) is 3.00. The molecule has 104 valence electrons. The van der Waals surface area contributed by atoms with E-state index in [1.807, 2.05) is 18.2 Å². The average Bonchev–Trinajstić information content (AvgIpc) is 2.47. The smallest absolute Gasteiger partial charge is 0.119 e. The van der Waals surface area contributed by atoms with Crippen LogP contribution in [0.5, 0.6) is 5.75 Å². The molecule has 0 amide bonds. The lowest BCUT2D eigenvalue weighted by Gasteiger charge is -2.26. The molecule has 20 heavy (non-hydrogen) atoms. The van der Waals surface area contributed by atoms with Gasteiger partial charge in [-0.15, -0.1) is 0 Å². The summed E-state index contributed by atoms with van der Waals surface area (Å²) in [6, 6.07) is 14.2. The highest BCUT2D eigenvalue weighted by molar-refractivity contribution is 6.30. The minimum Gasteiger partial charge on any atom is -0.508 e. The zero-order chi connectivity index (χ0) is 13.9. The largest absolute Gasteiger partial charge is 0.508 e.